The average molecular weight is 363 g/mol. The van der Waals surface area contributed by atoms with Crippen molar-refractivity contribution >= 4 is 5.78 Å². The van der Waals surface area contributed by atoms with E-state index in [0.717, 1.165) is 32.1 Å². The summed E-state index contributed by atoms with van der Waals surface area (Å²) in [6.07, 6.45) is 11.8. The maximum atomic E-state index is 11.3. The lowest BCUT2D eigenvalue weighted by atomic mass is 9.83. The summed E-state index contributed by atoms with van der Waals surface area (Å²) in [4.78, 5) is 11.3. The summed E-state index contributed by atoms with van der Waals surface area (Å²) in [6.45, 7) is 5.95. The van der Waals surface area contributed by atoms with E-state index in [9.17, 15) is 4.79 Å². The summed E-state index contributed by atoms with van der Waals surface area (Å²) in [5, 5.41) is 0. The molecule has 2 aromatic carbocycles. The Hall–Kier alpha value is -2.15. The number of Topliss-reactive ketones (excluding diaryl/α,β-unsaturated/α-hetero) is 1. The highest BCUT2D eigenvalue weighted by atomic mass is 16.1. The number of allylic oxidation sites excluding steroid dienone is 1. The number of rotatable bonds is 8. The van der Waals surface area contributed by atoms with Crippen molar-refractivity contribution in [3.05, 3.63) is 84.4 Å². The molecule has 0 saturated heterocycles. The Bertz CT molecular complexity index is 674. The number of hydrogen-bond donors (Lipinski definition) is 0. The number of carbonyl (C=O) groups excluding carboxylic acids is 1. The Morgan fingerprint density at radius 1 is 0.926 bits per heavy atom. The van der Waals surface area contributed by atoms with E-state index in [1.54, 1.807) is 0 Å². The molecule has 3 rings (SSSR count). The van der Waals surface area contributed by atoms with Crippen LogP contribution in [-0.2, 0) is 17.6 Å². The molecule has 2 aromatic rings. The molecule has 0 unspecified atom stereocenters. The van der Waals surface area contributed by atoms with Crippen LogP contribution in [0.15, 0.2) is 73.3 Å². The quantitative estimate of drug-likeness (QED) is 0.366. The number of unbranched alkanes of at least 4 members (excludes halogenated alkanes) is 1. The second kappa shape index (κ2) is 11.5. The molecule has 1 aliphatic carbocycles. The summed E-state index contributed by atoms with van der Waals surface area (Å²) >= 11 is 0. The first kappa shape index (κ1) is 21.2. The van der Waals surface area contributed by atoms with Gasteiger partial charge in [0.05, 0.1) is 0 Å². The Balaban J connectivity index is 0.000000223. The number of hydrogen-bond acceptors (Lipinski definition) is 1. The van der Waals surface area contributed by atoms with Crippen molar-refractivity contribution in [3.8, 4) is 0 Å². The van der Waals surface area contributed by atoms with Gasteiger partial charge in [-0.05, 0) is 55.1 Å². The smallest absolute Gasteiger partial charge is 0.133 e. The van der Waals surface area contributed by atoms with E-state index in [4.69, 9.17) is 0 Å². The number of carbonyl (C=O) groups is 1. The molecular formula is C26H34O. The summed E-state index contributed by atoms with van der Waals surface area (Å²) in [5.41, 5.74) is 3.14. The van der Waals surface area contributed by atoms with Gasteiger partial charge in [-0.2, -0.15) is 0 Å². The Labute approximate surface area is 165 Å². The van der Waals surface area contributed by atoms with Gasteiger partial charge in [-0.15, -0.1) is 6.58 Å². The minimum atomic E-state index is 0.313. The zero-order chi connectivity index (χ0) is 19.4. The molecule has 1 atom stereocenters. The van der Waals surface area contributed by atoms with Crippen molar-refractivity contribution in [2.24, 2.45) is 5.41 Å². The minimum absolute atomic E-state index is 0.313. The van der Waals surface area contributed by atoms with E-state index >= 15 is 0 Å². The third-order valence-electron chi connectivity index (χ3n) is 5.45. The molecule has 0 N–H and O–H groups in total. The molecule has 0 aliphatic heterocycles. The molecular weight excluding hydrogens is 328 g/mol. The van der Waals surface area contributed by atoms with Gasteiger partial charge in [0.2, 0.25) is 0 Å². The van der Waals surface area contributed by atoms with Crippen LogP contribution in [-0.4, -0.2) is 5.78 Å². The molecule has 1 aliphatic rings. The van der Waals surface area contributed by atoms with Gasteiger partial charge in [-0.25, -0.2) is 0 Å². The predicted molar refractivity (Wildman–Crippen MR) is 116 cm³/mol. The first-order chi connectivity index (χ1) is 13.1. The molecule has 1 nitrogen and oxygen atoms in total. The molecule has 27 heavy (non-hydrogen) atoms. The largest absolute Gasteiger partial charge is 0.300 e. The van der Waals surface area contributed by atoms with Gasteiger partial charge in [-0.3, -0.25) is 4.79 Å². The fraction of sp³-hybridized carbons (Fsp3) is 0.423. The van der Waals surface area contributed by atoms with Crippen molar-refractivity contribution in [2.45, 2.75) is 64.7 Å². The van der Waals surface area contributed by atoms with E-state index < -0.39 is 0 Å². The second-order valence-corrected chi connectivity index (χ2v) is 8.03. The zero-order valence-corrected chi connectivity index (χ0v) is 16.8. The van der Waals surface area contributed by atoms with Gasteiger partial charge in [-0.1, -0.05) is 80.1 Å². The van der Waals surface area contributed by atoms with E-state index in [2.05, 4.69) is 68.1 Å². The van der Waals surface area contributed by atoms with E-state index in [1.807, 2.05) is 12.1 Å². The summed E-state index contributed by atoms with van der Waals surface area (Å²) in [6, 6.07) is 21.1. The van der Waals surface area contributed by atoms with Crippen LogP contribution in [0, 0.1) is 5.41 Å². The van der Waals surface area contributed by atoms with Crippen molar-refractivity contribution in [2.75, 3.05) is 0 Å². The second-order valence-electron chi connectivity index (χ2n) is 8.03. The van der Waals surface area contributed by atoms with Crippen LogP contribution >= 0.6 is 0 Å². The lowest BCUT2D eigenvalue weighted by Crippen LogP contribution is -2.11. The molecule has 0 spiro atoms. The first-order valence-electron chi connectivity index (χ1n) is 10.3. The third-order valence-corrected chi connectivity index (χ3v) is 5.45. The molecule has 1 heteroatoms. The molecule has 0 bridgehead atoms. The zero-order valence-electron chi connectivity index (χ0n) is 16.8. The fourth-order valence-electron chi connectivity index (χ4n) is 3.75. The Morgan fingerprint density at radius 2 is 1.52 bits per heavy atom. The molecule has 1 saturated carbocycles. The van der Waals surface area contributed by atoms with Gasteiger partial charge in [0.25, 0.3) is 0 Å². The van der Waals surface area contributed by atoms with Crippen molar-refractivity contribution in [3.63, 3.8) is 0 Å². The minimum Gasteiger partial charge on any atom is -0.300 e. The molecule has 0 radical (unpaired) electrons. The van der Waals surface area contributed by atoms with Gasteiger partial charge in [0.15, 0.2) is 0 Å². The van der Waals surface area contributed by atoms with Crippen molar-refractivity contribution in [1.29, 1.82) is 0 Å². The third kappa shape index (κ3) is 8.39. The van der Waals surface area contributed by atoms with Gasteiger partial charge < -0.3 is 0 Å². The molecule has 0 aromatic heterocycles. The number of aryl methyl sites for hydroxylation is 2. The fourth-order valence-corrected chi connectivity index (χ4v) is 3.75. The average Bonchev–Trinajstić information content (AvgIpc) is 3.05. The van der Waals surface area contributed by atoms with Gasteiger partial charge in [0.1, 0.15) is 5.78 Å². The van der Waals surface area contributed by atoms with Crippen LogP contribution in [0.4, 0.5) is 0 Å². The lowest BCUT2D eigenvalue weighted by molar-refractivity contribution is -0.118. The highest BCUT2D eigenvalue weighted by Crippen LogP contribution is 2.39. The summed E-state index contributed by atoms with van der Waals surface area (Å²) in [5.74, 6) is 0.468. The molecule has 0 heterocycles. The Kier molecular flexibility index (Phi) is 9.04. The van der Waals surface area contributed by atoms with Crippen LogP contribution in [0.1, 0.15) is 63.0 Å². The van der Waals surface area contributed by atoms with Crippen LogP contribution in [0.5, 0.6) is 0 Å². The highest BCUT2D eigenvalue weighted by Gasteiger charge is 2.32. The maximum absolute atomic E-state index is 11.3. The van der Waals surface area contributed by atoms with Crippen LogP contribution in [0.25, 0.3) is 0 Å². The first-order valence-corrected chi connectivity index (χ1v) is 10.3. The Morgan fingerprint density at radius 3 is 2.04 bits per heavy atom. The predicted octanol–water partition coefficient (Wildman–Crippen LogP) is 6.96. The normalized spacial score (nSPS) is 18.6. The van der Waals surface area contributed by atoms with Crippen molar-refractivity contribution < 1.29 is 4.79 Å². The van der Waals surface area contributed by atoms with Gasteiger partial charge >= 0.3 is 0 Å². The standard InChI is InChI=1S/C16H22O.C10H12/c1-16(12-10-15(17)13-16)11-6-5-9-14-7-3-2-4-8-14;1-2-3-7-10-8-5-4-6-9-10/h2-4,7-8H,5-6,9-13H2,1H3;2,4-6,8-9H,1,3,7H2/t16-;/m1./s1. The summed E-state index contributed by atoms with van der Waals surface area (Å²) < 4.78 is 0. The van der Waals surface area contributed by atoms with E-state index in [-0.39, 0.29) is 0 Å². The monoisotopic (exact) mass is 362 g/mol. The SMILES string of the molecule is C=CCCc1ccccc1.C[C@@]1(CCCCc2ccccc2)CCC(=O)C1. The number of benzene rings is 2. The topological polar surface area (TPSA) is 17.1 Å². The summed E-state index contributed by atoms with van der Waals surface area (Å²) in [7, 11) is 0. The van der Waals surface area contributed by atoms with Crippen molar-refractivity contribution in [1.82, 2.24) is 0 Å². The number of ketones is 1. The van der Waals surface area contributed by atoms with Crippen LogP contribution < -0.4 is 0 Å². The van der Waals surface area contributed by atoms with E-state index in [0.29, 0.717) is 11.2 Å². The maximum Gasteiger partial charge on any atom is 0.133 e. The molecule has 1 fully saturated rings. The van der Waals surface area contributed by atoms with Crippen LogP contribution in [0.3, 0.4) is 0 Å². The molecule has 0 amide bonds. The molecule has 144 valence electrons. The van der Waals surface area contributed by atoms with Crippen LogP contribution in [0.2, 0.25) is 0 Å². The van der Waals surface area contributed by atoms with Gasteiger partial charge in [0, 0.05) is 12.8 Å². The lowest BCUT2D eigenvalue weighted by Gasteiger charge is -2.22. The highest BCUT2D eigenvalue weighted by molar-refractivity contribution is 5.81. The van der Waals surface area contributed by atoms with E-state index in [1.165, 1.54) is 36.8 Å².